The molecule has 1 N–H and O–H groups in total. The van der Waals surface area contributed by atoms with Crippen LogP contribution < -0.4 is 10.1 Å². The molecular formula is C27H30N4O2. The molecule has 0 bridgehead atoms. The number of methoxy groups -OCH3 is 1. The molecule has 5 rings (SSSR count). The standard InChI is InChI=1S/C27H30N4O2/c1-18(32)28-22-9-3-19(4-10-22)17-31-15-13-24-25(14-16-31)29-27(21-5-6-21)30-26(24)20-7-11-23(33-2)12-8-20/h3-4,7-12,21H,5-6,13-17H2,1-2H3,(H,28,32). The second-order valence-electron chi connectivity index (χ2n) is 9.01. The van der Waals surface area contributed by atoms with Gasteiger partial charge in [0.25, 0.3) is 0 Å². The summed E-state index contributed by atoms with van der Waals surface area (Å²) in [6.45, 7) is 4.36. The van der Waals surface area contributed by atoms with Crippen molar-refractivity contribution in [2.75, 3.05) is 25.5 Å². The van der Waals surface area contributed by atoms with E-state index < -0.39 is 0 Å². The topological polar surface area (TPSA) is 67.4 Å². The Hall–Kier alpha value is -3.25. The number of rotatable bonds is 6. The Morgan fingerprint density at radius 3 is 2.42 bits per heavy atom. The van der Waals surface area contributed by atoms with Crippen LogP contribution in [0.5, 0.6) is 5.75 Å². The van der Waals surface area contributed by atoms with Crippen LogP contribution in [-0.4, -0.2) is 41.0 Å². The Kier molecular flexibility index (Phi) is 6.09. The lowest BCUT2D eigenvalue weighted by molar-refractivity contribution is -0.114. The first-order valence-corrected chi connectivity index (χ1v) is 11.7. The van der Waals surface area contributed by atoms with Gasteiger partial charge in [0.05, 0.1) is 12.8 Å². The van der Waals surface area contributed by atoms with Gasteiger partial charge in [-0.2, -0.15) is 0 Å². The van der Waals surface area contributed by atoms with E-state index in [1.165, 1.54) is 36.6 Å². The zero-order valence-electron chi connectivity index (χ0n) is 19.3. The Morgan fingerprint density at radius 1 is 1.03 bits per heavy atom. The summed E-state index contributed by atoms with van der Waals surface area (Å²) in [6, 6.07) is 16.4. The number of amides is 1. The fourth-order valence-corrected chi connectivity index (χ4v) is 4.49. The van der Waals surface area contributed by atoms with Crippen LogP contribution in [0.15, 0.2) is 48.5 Å². The van der Waals surface area contributed by atoms with Gasteiger partial charge >= 0.3 is 0 Å². The summed E-state index contributed by atoms with van der Waals surface area (Å²) in [5.74, 6) is 2.35. The predicted molar refractivity (Wildman–Crippen MR) is 129 cm³/mol. The van der Waals surface area contributed by atoms with E-state index in [1.807, 2.05) is 24.3 Å². The van der Waals surface area contributed by atoms with Gasteiger partial charge in [0.2, 0.25) is 5.91 Å². The predicted octanol–water partition coefficient (Wildman–Crippen LogP) is 4.59. The highest BCUT2D eigenvalue weighted by Crippen LogP contribution is 2.40. The highest BCUT2D eigenvalue weighted by atomic mass is 16.5. The fraction of sp³-hybridized carbons (Fsp3) is 0.370. The van der Waals surface area contributed by atoms with E-state index >= 15 is 0 Å². The van der Waals surface area contributed by atoms with Crippen molar-refractivity contribution in [3.8, 4) is 17.0 Å². The number of benzene rings is 2. The lowest BCUT2D eigenvalue weighted by Gasteiger charge is -2.20. The smallest absolute Gasteiger partial charge is 0.221 e. The van der Waals surface area contributed by atoms with E-state index in [2.05, 4.69) is 34.5 Å². The van der Waals surface area contributed by atoms with Gasteiger partial charge in [-0.25, -0.2) is 9.97 Å². The monoisotopic (exact) mass is 442 g/mol. The minimum atomic E-state index is -0.0487. The van der Waals surface area contributed by atoms with E-state index in [0.717, 1.165) is 61.0 Å². The normalized spacial score (nSPS) is 16.1. The molecule has 170 valence electrons. The third-order valence-corrected chi connectivity index (χ3v) is 6.44. The third-order valence-electron chi connectivity index (χ3n) is 6.44. The molecule has 2 aromatic carbocycles. The first-order valence-electron chi connectivity index (χ1n) is 11.7. The van der Waals surface area contributed by atoms with Gasteiger partial charge in [-0.3, -0.25) is 9.69 Å². The van der Waals surface area contributed by atoms with Crippen molar-refractivity contribution < 1.29 is 9.53 Å². The van der Waals surface area contributed by atoms with E-state index in [0.29, 0.717) is 5.92 Å². The maximum Gasteiger partial charge on any atom is 0.221 e. The molecular weight excluding hydrogens is 412 g/mol. The number of nitrogens with zero attached hydrogens (tertiary/aromatic N) is 3. The summed E-state index contributed by atoms with van der Waals surface area (Å²) < 4.78 is 5.35. The number of nitrogens with one attached hydrogen (secondary N) is 1. The fourth-order valence-electron chi connectivity index (χ4n) is 4.49. The zero-order chi connectivity index (χ0) is 22.8. The second kappa shape index (κ2) is 9.32. The van der Waals surface area contributed by atoms with Crippen LogP contribution in [0.3, 0.4) is 0 Å². The summed E-state index contributed by atoms with van der Waals surface area (Å²) >= 11 is 0. The van der Waals surface area contributed by atoms with Gasteiger partial charge in [-0.15, -0.1) is 0 Å². The van der Waals surface area contributed by atoms with Gasteiger partial charge in [-0.1, -0.05) is 12.1 Å². The van der Waals surface area contributed by atoms with Crippen LogP contribution in [0.1, 0.15) is 48.3 Å². The Labute approximate surface area is 195 Å². The van der Waals surface area contributed by atoms with Gasteiger partial charge in [-0.05, 0) is 61.2 Å². The molecule has 0 atom stereocenters. The average Bonchev–Trinajstić information content (AvgIpc) is 3.68. The first kappa shape index (κ1) is 21.6. The number of hydrogen-bond donors (Lipinski definition) is 1. The minimum absolute atomic E-state index is 0.0487. The van der Waals surface area contributed by atoms with E-state index in [9.17, 15) is 4.79 Å². The maximum atomic E-state index is 11.3. The minimum Gasteiger partial charge on any atom is -0.497 e. The van der Waals surface area contributed by atoms with Crippen molar-refractivity contribution in [3.63, 3.8) is 0 Å². The number of fused-ring (bicyclic) bond motifs is 1. The van der Waals surface area contributed by atoms with Gasteiger partial charge in [0.15, 0.2) is 0 Å². The molecule has 2 aliphatic rings. The second-order valence-corrected chi connectivity index (χ2v) is 9.01. The molecule has 2 heterocycles. The summed E-state index contributed by atoms with van der Waals surface area (Å²) in [5.41, 5.74) is 6.80. The number of aromatic nitrogens is 2. The van der Waals surface area contributed by atoms with Gasteiger partial charge in [0, 0.05) is 61.4 Å². The highest BCUT2D eigenvalue weighted by molar-refractivity contribution is 5.88. The van der Waals surface area contributed by atoms with Crippen LogP contribution in [-0.2, 0) is 24.2 Å². The molecule has 1 aliphatic carbocycles. The van der Waals surface area contributed by atoms with Crippen molar-refractivity contribution in [2.24, 2.45) is 0 Å². The molecule has 1 saturated carbocycles. The largest absolute Gasteiger partial charge is 0.497 e. The lowest BCUT2D eigenvalue weighted by atomic mass is 10.0. The Balaban J connectivity index is 1.36. The number of hydrogen-bond acceptors (Lipinski definition) is 5. The van der Waals surface area contributed by atoms with Crippen LogP contribution >= 0.6 is 0 Å². The molecule has 1 amide bonds. The molecule has 0 saturated heterocycles. The molecule has 33 heavy (non-hydrogen) atoms. The molecule has 6 heteroatoms. The van der Waals surface area contributed by atoms with Crippen molar-refractivity contribution in [3.05, 3.63) is 71.2 Å². The number of carbonyl (C=O) groups is 1. The van der Waals surface area contributed by atoms with E-state index in [1.54, 1.807) is 7.11 Å². The average molecular weight is 443 g/mol. The van der Waals surface area contributed by atoms with Crippen LogP contribution in [0.2, 0.25) is 0 Å². The Morgan fingerprint density at radius 2 is 1.76 bits per heavy atom. The molecule has 0 unspecified atom stereocenters. The van der Waals surface area contributed by atoms with Crippen molar-refractivity contribution in [1.82, 2.24) is 14.9 Å². The quantitative estimate of drug-likeness (QED) is 0.605. The molecule has 1 aromatic heterocycles. The third kappa shape index (κ3) is 5.06. The number of carbonyl (C=O) groups excluding carboxylic acids is 1. The van der Waals surface area contributed by atoms with Gasteiger partial charge < -0.3 is 10.1 Å². The number of ether oxygens (including phenoxy) is 1. The molecule has 0 radical (unpaired) electrons. The van der Waals surface area contributed by atoms with Crippen LogP contribution in [0, 0.1) is 0 Å². The summed E-state index contributed by atoms with van der Waals surface area (Å²) in [7, 11) is 1.69. The SMILES string of the molecule is COc1ccc(-c2nc(C3CC3)nc3c2CCN(Cc2ccc(NC(C)=O)cc2)CC3)cc1. The van der Waals surface area contributed by atoms with Crippen molar-refractivity contribution >= 4 is 11.6 Å². The van der Waals surface area contributed by atoms with E-state index in [-0.39, 0.29) is 5.91 Å². The first-order chi connectivity index (χ1) is 16.1. The number of anilines is 1. The lowest BCUT2D eigenvalue weighted by Crippen LogP contribution is -2.26. The van der Waals surface area contributed by atoms with Crippen LogP contribution in [0.25, 0.3) is 11.3 Å². The van der Waals surface area contributed by atoms with E-state index in [4.69, 9.17) is 14.7 Å². The molecule has 1 aliphatic heterocycles. The van der Waals surface area contributed by atoms with Crippen molar-refractivity contribution in [1.29, 1.82) is 0 Å². The molecule has 1 fully saturated rings. The molecule has 6 nitrogen and oxygen atoms in total. The maximum absolute atomic E-state index is 11.3. The Bertz CT molecular complexity index is 1140. The summed E-state index contributed by atoms with van der Waals surface area (Å²) in [6.07, 6.45) is 4.26. The summed E-state index contributed by atoms with van der Waals surface area (Å²) in [5, 5.41) is 2.83. The van der Waals surface area contributed by atoms with Crippen molar-refractivity contribution in [2.45, 2.75) is 45.1 Å². The van der Waals surface area contributed by atoms with Crippen LogP contribution in [0.4, 0.5) is 5.69 Å². The van der Waals surface area contributed by atoms with Gasteiger partial charge in [0.1, 0.15) is 11.6 Å². The molecule has 3 aromatic rings. The zero-order valence-corrected chi connectivity index (χ0v) is 19.3. The highest BCUT2D eigenvalue weighted by Gasteiger charge is 2.29. The summed E-state index contributed by atoms with van der Waals surface area (Å²) in [4.78, 5) is 23.8. The molecule has 0 spiro atoms.